The fourth-order valence-electron chi connectivity index (χ4n) is 5.19. The van der Waals surface area contributed by atoms with E-state index in [2.05, 4.69) is 5.32 Å². The summed E-state index contributed by atoms with van der Waals surface area (Å²) in [4.78, 5) is 44.2. The molecule has 2 saturated carbocycles. The van der Waals surface area contributed by atoms with E-state index in [1.165, 1.54) is 11.0 Å². The summed E-state index contributed by atoms with van der Waals surface area (Å²) in [5.41, 5.74) is -1.84. The second kappa shape index (κ2) is 9.43. The van der Waals surface area contributed by atoms with Gasteiger partial charge in [-0.2, -0.15) is 0 Å². The molecule has 0 radical (unpaired) electrons. The summed E-state index contributed by atoms with van der Waals surface area (Å²) in [6.45, 7) is 4.95. The molecule has 1 atom stereocenters. The van der Waals surface area contributed by atoms with E-state index in [1.807, 2.05) is 0 Å². The van der Waals surface area contributed by atoms with Crippen molar-refractivity contribution in [1.82, 2.24) is 9.30 Å². The van der Waals surface area contributed by atoms with E-state index in [-0.39, 0.29) is 23.2 Å². The molecule has 2 aliphatic rings. The molecule has 1 aromatic carbocycles. The van der Waals surface area contributed by atoms with Crippen molar-refractivity contribution in [3.63, 3.8) is 0 Å². The number of carboxylic acids is 1. The third-order valence-corrected chi connectivity index (χ3v) is 7.02. The Morgan fingerprint density at radius 2 is 1.71 bits per heavy atom. The molecule has 34 heavy (non-hydrogen) atoms. The van der Waals surface area contributed by atoms with Gasteiger partial charge >= 0.3 is 11.7 Å². The van der Waals surface area contributed by atoms with Crippen molar-refractivity contribution < 1.29 is 19.1 Å². The lowest BCUT2D eigenvalue weighted by molar-refractivity contribution is -0.159. The zero-order valence-electron chi connectivity index (χ0n) is 20.1. The van der Waals surface area contributed by atoms with Gasteiger partial charge in [0.2, 0.25) is 6.10 Å². The Kier molecular flexibility index (Phi) is 6.73. The van der Waals surface area contributed by atoms with Crippen LogP contribution in [0.15, 0.2) is 21.7 Å². The van der Waals surface area contributed by atoms with Crippen LogP contribution in [0.3, 0.4) is 0 Å². The number of fused-ring (bicyclic) bond motifs is 1. The second-order valence-electron chi connectivity index (χ2n) is 10.7. The highest BCUT2D eigenvalue weighted by Crippen LogP contribution is 2.32. The minimum atomic E-state index is -1.44. The third-order valence-electron chi connectivity index (χ3n) is 7.02. The van der Waals surface area contributed by atoms with Crippen LogP contribution >= 0.6 is 0 Å². The summed E-state index contributed by atoms with van der Waals surface area (Å²) in [6.07, 6.45) is 7.17. The maximum absolute atomic E-state index is 15.1. The lowest BCUT2D eigenvalue weighted by atomic mass is 9.89. The van der Waals surface area contributed by atoms with Gasteiger partial charge < -0.3 is 15.3 Å². The highest BCUT2D eigenvalue weighted by molar-refractivity contribution is 5.82. The van der Waals surface area contributed by atoms with Crippen molar-refractivity contribution in [2.45, 2.75) is 96.7 Å². The van der Waals surface area contributed by atoms with Crippen LogP contribution in [0.4, 0.5) is 10.1 Å². The van der Waals surface area contributed by atoms with Crippen molar-refractivity contribution in [3.05, 3.63) is 38.8 Å². The van der Waals surface area contributed by atoms with Gasteiger partial charge in [0.1, 0.15) is 5.82 Å². The predicted molar refractivity (Wildman–Crippen MR) is 128 cm³/mol. The van der Waals surface area contributed by atoms with E-state index < -0.39 is 34.6 Å². The standard InChI is InChI=1S/C25H34FN3O5/c1-25(2,3)21(23(31)32)34-29-22(30)17-13-18(26)19(27-15-9-5-4-6-10-15)14-20(17)28(24(29)33)16-11-7-8-12-16/h13-16,21,27H,4-12H2,1-3H3,(H,31,32). The molecule has 1 heterocycles. The quantitative estimate of drug-likeness (QED) is 0.652. The Hall–Kier alpha value is -2.84. The van der Waals surface area contributed by atoms with Gasteiger partial charge in [-0.05, 0) is 37.8 Å². The van der Waals surface area contributed by atoms with E-state index in [1.54, 1.807) is 26.8 Å². The van der Waals surface area contributed by atoms with Crippen LogP contribution < -0.4 is 21.4 Å². The second-order valence-corrected chi connectivity index (χ2v) is 10.7. The highest BCUT2D eigenvalue weighted by Gasteiger charge is 2.36. The van der Waals surface area contributed by atoms with Crippen molar-refractivity contribution >= 4 is 22.6 Å². The number of aliphatic carboxylic acids is 1. The molecule has 2 aromatic rings. The van der Waals surface area contributed by atoms with E-state index in [0.29, 0.717) is 10.2 Å². The maximum Gasteiger partial charge on any atom is 0.365 e. The number of aromatic nitrogens is 2. The van der Waals surface area contributed by atoms with Crippen LogP contribution in [0.25, 0.3) is 10.9 Å². The first-order valence-corrected chi connectivity index (χ1v) is 12.2. The summed E-state index contributed by atoms with van der Waals surface area (Å²) in [5, 5.41) is 12.9. The van der Waals surface area contributed by atoms with E-state index in [0.717, 1.165) is 57.4 Å². The summed E-state index contributed by atoms with van der Waals surface area (Å²) in [6, 6.07) is 2.68. The summed E-state index contributed by atoms with van der Waals surface area (Å²) >= 11 is 0. The molecule has 2 N–H and O–H groups in total. The lowest BCUT2D eigenvalue weighted by Crippen LogP contribution is -2.52. The molecule has 9 heteroatoms. The Balaban J connectivity index is 1.88. The van der Waals surface area contributed by atoms with Gasteiger partial charge in [-0.25, -0.2) is 14.0 Å². The predicted octanol–water partition coefficient (Wildman–Crippen LogP) is 4.09. The average molecular weight is 476 g/mol. The number of anilines is 1. The molecule has 2 aliphatic carbocycles. The smallest absolute Gasteiger partial charge is 0.365 e. The molecule has 0 bridgehead atoms. The van der Waals surface area contributed by atoms with E-state index in [4.69, 9.17) is 4.84 Å². The zero-order chi connectivity index (χ0) is 24.6. The SMILES string of the molecule is CC(C)(C)C(On1c(=O)c2cc(F)c(NC3CCCCC3)cc2n(C2CCCC2)c1=O)C(=O)O. The van der Waals surface area contributed by atoms with Crippen LogP contribution in [-0.2, 0) is 4.79 Å². The first-order chi connectivity index (χ1) is 16.1. The fraction of sp³-hybridized carbons (Fsp3) is 0.640. The number of hydrogen-bond donors (Lipinski definition) is 2. The first kappa shape index (κ1) is 24.3. The maximum atomic E-state index is 15.1. The average Bonchev–Trinajstić information content (AvgIpc) is 3.29. The minimum absolute atomic E-state index is 0.00348. The largest absolute Gasteiger partial charge is 0.478 e. The number of rotatable bonds is 6. The van der Waals surface area contributed by atoms with Gasteiger partial charge in [0.15, 0.2) is 0 Å². The Bertz CT molecular complexity index is 1180. The van der Waals surface area contributed by atoms with E-state index >= 15 is 4.39 Å². The summed E-state index contributed by atoms with van der Waals surface area (Å²) in [7, 11) is 0. The molecule has 1 aromatic heterocycles. The number of carbonyl (C=O) groups is 1. The molecule has 0 saturated heterocycles. The van der Waals surface area contributed by atoms with Gasteiger partial charge in [0.25, 0.3) is 5.56 Å². The Morgan fingerprint density at radius 3 is 2.29 bits per heavy atom. The number of carboxylic acid groups (broad SMARTS) is 1. The van der Waals surface area contributed by atoms with Gasteiger partial charge in [0, 0.05) is 17.5 Å². The van der Waals surface area contributed by atoms with Gasteiger partial charge in [-0.1, -0.05) is 57.6 Å². The molecule has 0 spiro atoms. The number of hydrogen-bond acceptors (Lipinski definition) is 5. The topological polar surface area (TPSA) is 103 Å². The van der Waals surface area contributed by atoms with Crippen LogP contribution in [0.2, 0.25) is 0 Å². The Morgan fingerprint density at radius 1 is 1.09 bits per heavy atom. The lowest BCUT2D eigenvalue weighted by Gasteiger charge is -2.28. The summed E-state index contributed by atoms with van der Waals surface area (Å²) in [5.74, 6) is -1.87. The molecule has 2 fully saturated rings. The molecule has 4 rings (SSSR count). The number of halogens is 1. The van der Waals surface area contributed by atoms with Gasteiger partial charge in [0.05, 0.1) is 16.6 Å². The van der Waals surface area contributed by atoms with Crippen molar-refractivity contribution in [2.75, 3.05) is 5.32 Å². The molecule has 0 amide bonds. The van der Waals surface area contributed by atoms with Crippen molar-refractivity contribution in [2.24, 2.45) is 5.41 Å². The number of benzene rings is 1. The van der Waals surface area contributed by atoms with Crippen LogP contribution in [0.5, 0.6) is 0 Å². The number of nitrogens with zero attached hydrogens (tertiary/aromatic N) is 2. The van der Waals surface area contributed by atoms with Gasteiger partial charge in [-0.3, -0.25) is 9.36 Å². The molecular weight excluding hydrogens is 441 g/mol. The summed E-state index contributed by atoms with van der Waals surface area (Å²) < 4.78 is 17.2. The molecule has 8 nitrogen and oxygen atoms in total. The normalized spacial score (nSPS) is 18.8. The van der Waals surface area contributed by atoms with Crippen LogP contribution in [-0.4, -0.2) is 32.5 Å². The number of nitrogens with one attached hydrogen (secondary N) is 1. The molecular formula is C25H34FN3O5. The third kappa shape index (κ3) is 4.70. The first-order valence-electron chi connectivity index (χ1n) is 12.2. The fourth-order valence-corrected chi connectivity index (χ4v) is 5.19. The van der Waals surface area contributed by atoms with Gasteiger partial charge in [-0.15, -0.1) is 0 Å². The van der Waals surface area contributed by atoms with Crippen LogP contribution in [0.1, 0.15) is 84.6 Å². The molecule has 1 unspecified atom stereocenters. The molecule has 186 valence electrons. The minimum Gasteiger partial charge on any atom is -0.478 e. The van der Waals surface area contributed by atoms with E-state index in [9.17, 15) is 19.5 Å². The zero-order valence-corrected chi connectivity index (χ0v) is 20.1. The monoisotopic (exact) mass is 475 g/mol. The van der Waals surface area contributed by atoms with Crippen molar-refractivity contribution in [3.8, 4) is 0 Å². The highest BCUT2D eigenvalue weighted by atomic mass is 19.1. The Labute approximate surface area is 197 Å². The van der Waals surface area contributed by atoms with Crippen molar-refractivity contribution in [1.29, 1.82) is 0 Å². The van der Waals surface area contributed by atoms with Crippen LogP contribution in [0, 0.1) is 11.2 Å². The molecule has 0 aliphatic heterocycles.